The minimum atomic E-state index is -0.330. The van der Waals surface area contributed by atoms with E-state index < -0.39 is 0 Å². The van der Waals surface area contributed by atoms with E-state index in [1.807, 2.05) is 29.2 Å². The molecule has 5 rings (SSSR count). The zero-order valence-corrected chi connectivity index (χ0v) is 19.0. The zero-order valence-electron chi connectivity index (χ0n) is 18.3. The summed E-state index contributed by atoms with van der Waals surface area (Å²) >= 11 is 5.84. The van der Waals surface area contributed by atoms with Crippen molar-refractivity contribution in [3.63, 3.8) is 0 Å². The molecule has 1 atom stereocenters. The molecule has 9 heteroatoms. The lowest BCUT2D eigenvalue weighted by molar-refractivity contribution is 0.102. The summed E-state index contributed by atoms with van der Waals surface area (Å²) in [5, 5.41) is 6.16. The summed E-state index contributed by atoms with van der Waals surface area (Å²) < 4.78 is 0. The number of nitrogens with one attached hydrogen (secondary N) is 3. The molecule has 0 saturated carbocycles. The van der Waals surface area contributed by atoms with E-state index in [0.29, 0.717) is 28.6 Å². The highest BCUT2D eigenvalue weighted by atomic mass is 35.5. The average molecular weight is 475 g/mol. The van der Waals surface area contributed by atoms with Gasteiger partial charge in [-0.15, -0.1) is 0 Å². The molecule has 0 aliphatic carbocycles. The van der Waals surface area contributed by atoms with E-state index in [9.17, 15) is 9.59 Å². The summed E-state index contributed by atoms with van der Waals surface area (Å²) in [5.74, 6) is 0.856. The Hall–Kier alpha value is -3.91. The molecule has 2 aromatic carbocycles. The number of aromatic nitrogens is 3. The van der Waals surface area contributed by atoms with Gasteiger partial charge in [0.25, 0.3) is 5.91 Å². The maximum absolute atomic E-state index is 13.2. The van der Waals surface area contributed by atoms with E-state index in [-0.39, 0.29) is 18.0 Å². The maximum Gasteiger partial charge on any atom is 0.322 e. The summed E-state index contributed by atoms with van der Waals surface area (Å²) in [6.45, 7) is 0.635. The van der Waals surface area contributed by atoms with Crippen LogP contribution in [0.15, 0.2) is 66.9 Å². The number of nitrogens with zero attached hydrogens (tertiary/aromatic N) is 3. The van der Waals surface area contributed by atoms with E-state index in [2.05, 4.69) is 20.6 Å². The van der Waals surface area contributed by atoms with Crippen LogP contribution in [0.3, 0.4) is 0 Å². The van der Waals surface area contributed by atoms with Gasteiger partial charge < -0.3 is 20.5 Å². The molecule has 1 unspecified atom stereocenters. The molecule has 1 aliphatic rings. The van der Waals surface area contributed by atoms with Crippen molar-refractivity contribution in [1.29, 1.82) is 0 Å². The van der Waals surface area contributed by atoms with Crippen LogP contribution in [0.4, 0.5) is 16.3 Å². The van der Waals surface area contributed by atoms with Gasteiger partial charge in [-0.2, -0.15) is 0 Å². The van der Waals surface area contributed by atoms with E-state index in [0.717, 1.165) is 36.1 Å². The highest BCUT2D eigenvalue weighted by molar-refractivity contribution is 6.30. The largest absolute Gasteiger partial charge is 0.340 e. The van der Waals surface area contributed by atoms with Gasteiger partial charge in [-0.1, -0.05) is 29.8 Å². The summed E-state index contributed by atoms with van der Waals surface area (Å²) in [4.78, 5) is 39.8. The number of urea groups is 1. The number of fused-ring (bicyclic) bond motifs is 1. The molecular weight excluding hydrogens is 452 g/mol. The minimum absolute atomic E-state index is 0.136. The first-order valence-corrected chi connectivity index (χ1v) is 11.5. The molecule has 3 N–H and O–H groups in total. The maximum atomic E-state index is 13.2. The fourth-order valence-corrected chi connectivity index (χ4v) is 4.27. The number of benzene rings is 2. The lowest BCUT2D eigenvalue weighted by atomic mass is 10.0. The van der Waals surface area contributed by atoms with Gasteiger partial charge in [-0.05, 0) is 61.7 Å². The quantitative estimate of drug-likeness (QED) is 0.357. The molecule has 34 heavy (non-hydrogen) atoms. The Labute approximate surface area is 201 Å². The van der Waals surface area contributed by atoms with Crippen LogP contribution in [0.25, 0.3) is 11.0 Å². The first kappa shape index (κ1) is 21.9. The Morgan fingerprint density at radius 1 is 1.03 bits per heavy atom. The average Bonchev–Trinajstić information content (AvgIpc) is 3.30. The standard InChI is InChI=1S/C25H23ClN6O2/c26-17-11-12-22(27-15-17)31-24(33)16-6-5-7-18(14-16)28-25(34)32-13-4-3-10-21(32)23-29-19-8-1-2-9-20(19)30-23/h1-2,5-9,11-12,14-15,21H,3-4,10,13H2,(H,28,34)(H,29,30)(H,27,31,33). The Kier molecular flexibility index (Phi) is 6.14. The van der Waals surface area contributed by atoms with Gasteiger partial charge in [0, 0.05) is 24.0 Å². The molecule has 0 radical (unpaired) electrons. The molecule has 8 nitrogen and oxygen atoms in total. The summed E-state index contributed by atoms with van der Waals surface area (Å²) in [5.41, 5.74) is 2.78. The van der Waals surface area contributed by atoms with Crippen LogP contribution in [-0.4, -0.2) is 38.3 Å². The van der Waals surface area contributed by atoms with Gasteiger partial charge in [-0.3, -0.25) is 4.79 Å². The van der Waals surface area contributed by atoms with Gasteiger partial charge in [0.2, 0.25) is 0 Å². The number of rotatable bonds is 4. The third kappa shape index (κ3) is 4.72. The first-order chi connectivity index (χ1) is 16.6. The normalized spacial score (nSPS) is 15.8. The smallest absolute Gasteiger partial charge is 0.322 e. The third-order valence-electron chi connectivity index (χ3n) is 5.83. The van der Waals surface area contributed by atoms with Crippen molar-refractivity contribution in [3.05, 3.63) is 83.3 Å². The molecule has 4 aromatic rings. The van der Waals surface area contributed by atoms with Crippen molar-refractivity contribution >= 4 is 46.1 Å². The second-order valence-corrected chi connectivity index (χ2v) is 8.61. The van der Waals surface area contributed by atoms with Gasteiger partial charge in [0.15, 0.2) is 0 Å². The lowest BCUT2D eigenvalue weighted by Gasteiger charge is -2.34. The number of pyridine rings is 1. The molecule has 172 valence electrons. The van der Waals surface area contributed by atoms with Crippen LogP contribution in [0.2, 0.25) is 5.02 Å². The molecule has 2 aromatic heterocycles. The Balaban J connectivity index is 1.30. The SMILES string of the molecule is O=C(Nc1ccc(Cl)cn1)c1cccc(NC(=O)N2CCCCC2c2nc3ccccc3[nH]2)c1. The number of amides is 3. The van der Waals surface area contributed by atoms with Crippen molar-refractivity contribution in [2.24, 2.45) is 0 Å². The molecule has 1 aliphatic heterocycles. The number of carbonyl (C=O) groups excluding carboxylic acids is 2. The van der Waals surface area contributed by atoms with E-state index in [1.165, 1.54) is 6.20 Å². The Morgan fingerprint density at radius 3 is 2.74 bits per heavy atom. The molecule has 0 bridgehead atoms. The topological polar surface area (TPSA) is 103 Å². The molecular formula is C25H23ClN6O2. The number of piperidine rings is 1. The highest BCUT2D eigenvalue weighted by Gasteiger charge is 2.30. The summed E-state index contributed by atoms with van der Waals surface area (Å²) in [7, 11) is 0. The second kappa shape index (κ2) is 9.52. The van der Waals surface area contributed by atoms with Crippen LogP contribution in [0.1, 0.15) is 41.5 Å². The van der Waals surface area contributed by atoms with Crippen molar-refractivity contribution in [3.8, 4) is 0 Å². The molecule has 1 saturated heterocycles. The van der Waals surface area contributed by atoms with E-state index in [1.54, 1.807) is 36.4 Å². The summed E-state index contributed by atoms with van der Waals surface area (Å²) in [6.07, 6.45) is 4.26. The predicted octanol–water partition coefficient (Wildman–Crippen LogP) is 5.62. The van der Waals surface area contributed by atoms with Gasteiger partial charge >= 0.3 is 6.03 Å². The van der Waals surface area contributed by atoms with Crippen molar-refractivity contribution < 1.29 is 9.59 Å². The zero-order chi connectivity index (χ0) is 23.5. The number of carbonyl (C=O) groups is 2. The summed E-state index contributed by atoms with van der Waals surface area (Å²) in [6, 6.07) is 17.6. The number of hydrogen-bond acceptors (Lipinski definition) is 4. The Morgan fingerprint density at radius 2 is 1.91 bits per heavy atom. The van der Waals surface area contributed by atoms with Gasteiger partial charge in [-0.25, -0.2) is 14.8 Å². The Bertz CT molecular complexity index is 1300. The number of halogens is 1. The van der Waals surface area contributed by atoms with Crippen LogP contribution >= 0.6 is 11.6 Å². The third-order valence-corrected chi connectivity index (χ3v) is 6.06. The van der Waals surface area contributed by atoms with Crippen LogP contribution < -0.4 is 10.6 Å². The van der Waals surface area contributed by atoms with E-state index >= 15 is 0 Å². The number of anilines is 2. The monoisotopic (exact) mass is 474 g/mol. The number of H-pyrrole nitrogens is 1. The number of likely N-dealkylation sites (tertiary alicyclic amines) is 1. The number of para-hydroxylation sites is 2. The molecule has 0 spiro atoms. The van der Waals surface area contributed by atoms with Crippen LogP contribution in [0, 0.1) is 0 Å². The minimum Gasteiger partial charge on any atom is -0.340 e. The van der Waals surface area contributed by atoms with Crippen LogP contribution in [-0.2, 0) is 0 Å². The second-order valence-electron chi connectivity index (χ2n) is 8.17. The number of hydrogen-bond donors (Lipinski definition) is 3. The molecule has 1 fully saturated rings. The fourth-order valence-electron chi connectivity index (χ4n) is 4.16. The van der Waals surface area contributed by atoms with Gasteiger partial charge in [0.05, 0.1) is 22.1 Å². The number of imidazole rings is 1. The number of aromatic amines is 1. The van der Waals surface area contributed by atoms with Crippen LogP contribution in [0.5, 0.6) is 0 Å². The van der Waals surface area contributed by atoms with Crippen molar-refractivity contribution in [2.75, 3.05) is 17.2 Å². The molecule has 3 heterocycles. The molecule has 3 amide bonds. The van der Waals surface area contributed by atoms with E-state index in [4.69, 9.17) is 16.6 Å². The van der Waals surface area contributed by atoms with Crippen molar-refractivity contribution in [1.82, 2.24) is 19.9 Å². The lowest BCUT2D eigenvalue weighted by Crippen LogP contribution is -2.41. The first-order valence-electron chi connectivity index (χ1n) is 11.1. The fraction of sp³-hybridized carbons (Fsp3) is 0.200. The van der Waals surface area contributed by atoms with Gasteiger partial charge in [0.1, 0.15) is 11.6 Å². The highest BCUT2D eigenvalue weighted by Crippen LogP contribution is 2.31. The predicted molar refractivity (Wildman–Crippen MR) is 132 cm³/mol. The van der Waals surface area contributed by atoms with Crippen molar-refractivity contribution in [2.45, 2.75) is 25.3 Å².